The summed E-state index contributed by atoms with van der Waals surface area (Å²) in [5.74, 6) is -1.02. The highest BCUT2D eigenvalue weighted by Gasteiger charge is 2.23. The molecule has 1 aromatic heterocycles. The maximum Gasteiger partial charge on any atom is 0.375 e. The molecule has 5 heteroatoms. The number of carboxylic acids is 1. The second-order valence-corrected chi connectivity index (χ2v) is 3.55. The number of nitrogens with zero attached hydrogens (tertiary/aromatic N) is 2. The fourth-order valence-electron chi connectivity index (χ4n) is 1.68. The van der Waals surface area contributed by atoms with Crippen molar-refractivity contribution in [3.05, 3.63) is 17.0 Å². The van der Waals surface area contributed by atoms with Gasteiger partial charge in [-0.3, -0.25) is 0 Å². The average molecular weight is 196 g/mol. The van der Waals surface area contributed by atoms with Crippen LogP contribution in [0.15, 0.2) is 4.52 Å². The number of hydrogen-bond acceptors (Lipinski definition) is 4. The standard InChI is InChI=1S/C9H12N2O3/c1-11-4-2-6-7(3-5-11)10-14-8(6)9(12)13/h2-5H2,1H3,(H,12,13). The maximum absolute atomic E-state index is 10.8. The van der Waals surface area contributed by atoms with E-state index in [9.17, 15) is 4.79 Å². The van der Waals surface area contributed by atoms with Gasteiger partial charge in [0.1, 0.15) is 0 Å². The molecular weight excluding hydrogens is 184 g/mol. The van der Waals surface area contributed by atoms with Gasteiger partial charge in [0.05, 0.1) is 5.69 Å². The van der Waals surface area contributed by atoms with Crippen LogP contribution in [0.5, 0.6) is 0 Å². The number of likely N-dealkylation sites (N-methyl/N-ethyl adjacent to an activating group) is 1. The van der Waals surface area contributed by atoms with E-state index in [2.05, 4.69) is 10.1 Å². The minimum absolute atomic E-state index is 0.00954. The van der Waals surface area contributed by atoms with E-state index in [1.54, 1.807) is 0 Å². The van der Waals surface area contributed by atoms with Crippen LogP contribution in [0.2, 0.25) is 0 Å². The summed E-state index contributed by atoms with van der Waals surface area (Å²) in [5, 5.41) is 12.6. The van der Waals surface area contributed by atoms with Gasteiger partial charge in [-0.15, -0.1) is 0 Å². The van der Waals surface area contributed by atoms with E-state index >= 15 is 0 Å². The van der Waals surface area contributed by atoms with E-state index in [-0.39, 0.29) is 5.76 Å². The first-order chi connectivity index (χ1) is 6.68. The Morgan fingerprint density at radius 1 is 1.50 bits per heavy atom. The van der Waals surface area contributed by atoms with Gasteiger partial charge in [-0.1, -0.05) is 5.16 Å². The zero-order chi connectivity index (χ0) is 10.1. The predicted molar refractivity (Wildman–Crippen MR) is 48.4 cm³/mol. The third-order valence-corrected chi connectivity index (χ3v) is 2.54. The lowest BCUT2D eigenvalue weighted by molar-refractivity contribution is 0.0650. The highest BCUT2D eigenvalue weighted by molar-refractivity contribution is 5.86. The molecule has 2 heterocycles. The number of aromatic nitrogens is 1. The molecule has 5 nitrogen and oxygen atoms in total. The number of rotatable bonds is 1. The summed E-state index contributed by atoms with van der Waals surface area (Å²) in [4.78, 5) is 12.9. The SMILES string of the molecule is CN1CCc2noc(C(=O)O)c2CC1. The van der Waals surface area contributed by atoms with Crippen molar-refractivity contribution >= 4 is 5.97 Å². The quantitative estimate of drug-likeness (QED) is 0.704. The summed E-state index contributed by atoms with van der Waals surface area (Å²) in [6.45, 7) is 1.76. The van der Waals surface area contributed by atoms with Crippen molar-refractivity contribution in [1.82, 2.24) is 10.1 Å². The van der Waals surface area contributed by atoms with Crippen LogP contribution in [-0.4, -0.2) is 41.3 Å². The molecule has 0 bridgehead atoms. The number of carbonyl (C=O) groups is 1. The summed E-state index contributed by atoms with van der Waals surface area (Å²) >= 11 is 0. The highest BCUT2D eigenvalue weighted by Crippen LogP contribution is 2.18. The van der Waals surface area contributed by atoms with Gasteiger partial charge >= 0.3 is 5.97 Å². The van der Waals surface area contributed by atoms with Gasteiger partial charge < -0.3 is 14.5 Å². The Balaban J connectivity index is 2.33. The first-order valence-corrected chi connectivity index (χ1v) is 4.57. The summed E-state index contributed by atoms with van der Waals surface area (Å²) in [6.07, 6.45) is 1.47. The largest absolute Gasteiger partial charge is 0.475 e. The highest BCUT2D eigenvalue weighted by atomic mass is 16.5. The van der Waals surface area contributed by atoms with E-state index < -0.39 is 5.97 Å². The van der Waals surface area contributed by atoms with Gasteiger partial charge in [0.25, 0.3) is 0 Å². The number of hydrogen-bond donors (Lipinski definition) is 1. The van der Waals surface area contributed by atoms with Crippen molar-refractivity contribution in [2.45, 2.75) is 12.8 Å². The molecule has 14 heavy (non-hydrogen) atoms. The molecule has 0 radical (unpaired) electrons. The Labute approximate surface area is 81.3 Å². The second kappa shape index (κ2) is 3.42. The molecule has 0 aliphatic carbocycles. The van der Waals surface area contributed by atoms with Crippen molar-refractivity contribution in [3.63, 3.8) is 0 Å². The molecule has 1 aliphatic rings. The van der Waals surface area contributed by atoms with Gasteiger partial charge in [-0.2, -0.15) is 0 Å². The fourth-order valence-corrected chi connectivity index (χ4v) is 1.68. The maximum atomic E-state index is 10.8. The zero-order valence-electron chi connectivity index (χ0n) is 7.99. The monoisotopic (exact) mass is 196 g/mol. The van der Waals surface area contributed by atoms with Crippen molar-refractivity contribution in [1.29, 1.82) is 0 Å². The Hall–Kier alpha value is -1.36. The van der Waals surface area contributed by atoms with E-state index in [1.807, 2.05) is 7.05 Å². The molecule has 0 atom stereocenters. The van der Waals surface area contributed by atoms with Gasteiger partial charge in [-0.05, 0) is 13.5 Å². The molecule has 2 rings (SSSR count). The molecular formula is C9H12N2O3. The van der Waals surface area contributed by atoms with E-state index in [1.165, 1.54) is 0 Å². The molecule has 1 aromatic rings. The minimum Gasteiger partial charge on any atom is -0.475 e. The second-order valence-electron chi connectivity index (χ2n) is 3.55. The molecule has 0 amide bonds. The molecule has 76 valence electrons. The Morgan fingerprint density at radius 3 is 2.93 bits per heavy atom. The lowest BCUT2D eigenvalue weighted by Gasteiger charge is -2.10. The minimum atomic E-state index is -1.02. The van der Waals surface area contributed by atoms with E-state index in [0.717, 1.165) is 30.8 Å². The van der Waals surface area contributed by atoms with Crippen LogP contribution in [0.3, 0.4) is 0 Å². The summed E-state index contributed by atoms with van der Waals surface area (Å²) in [7, 11) is 2.02. The normalized spacial score (nSPS) is 17.5. The first-order valence-electron chi connectivity index (χ1n) is 4.57. The molecule has 0 spiro atoms. The lowest BCUT2D eigenvalue weighted by atomic mass is 10.1. The number of carboxylic acid groups (broad SMARTS) is 1. The van der Waals surface area contributed by atoms with Gasteiger partial charge in [0, 0.05) is 25.1 Å². The van der Waals surface area contributed by atoms with Crippen LogP contribution >= 0.6 is 0 Å². The molecule has 1 aliphatic heterocycles. The molecule has 0 unspecified atom stereocenters. The predicted octanol–water partition coefficient (Wildman–Crippen LogP) is 0.403. The van der Waals surface area contributed by atoms with Gasteiger partial charge in [0.15, 0.2) is 0 Å². The molecule has 0 saturated heterocycles. The summed E-state index contributed by atoms with van der Waals surface area (Å²) in [5.41, 5.74) is 1.56. The van der Waals surface area contributed by atoms with Crippen molar-refractivity contribution in [2.75, 3.05) is 20.1 Å². The van der Waals surface area contributed by atoms with Crippen LogP contribution in [0.25, 0.3) is 0 Å². The molecule has 1 N–H and O–H groups in total. The smallest absolute Gasteiger partial charge is 0.375 e. The molecule has 0 fully saturated rings. The van der Waals surface area contributed by atoms with Gasteiger partial charge in [-0.25, -0.2) is 4.79 Å². The topological polar surface area (TPSA) is 66.6 Å². The first kappa shape index (κ1) is 9.21. The number of fused-ring (bicyclic) bond motifs is 1. The molecule has 0 saturated carbocycles. The summed E-state index contributed by atoms with van der Waals surface area (Å²) in [6, 6.07) is 0. The third kappa shape index (κ3) is 1.50. The average Bonchev–Trinajstić information content (AvgIpc) is 2.46. The lowest BCUT2D eigenvalue weighted by Crippen LogP contribution is -2.21. The Bertz CT molecular complexity index is 359. The van der Waals surface area contributed by atoms with Gasteiger partial charge in [0.2, 0.25) is 5.76 Å². The van der Waals surface area contributed by atoms with Crippen molar-refractivity contribution < 1.29 is 14.4 Å². The van der Waals surface area contributed by atoms with Crippen molar-refractivity contribution in [2.24, 2.45) is 0 Å². The van der Waals surface area contributed by atoms with Crippen LogP contribution < -0.4 is 0 Å². The number of aromatic carboxylic acids is 1. The third-order valence-electron chi connectivity index (χ3n) is 2.54. The fraction of sp³-hybridized carbons (Fsp3) is 0.556. The van der Waals surface area contributed by atoms with E-state index in [4.69, 9.17) is 9.63 Å². The van der Waals surface area contributed by atoms with Crippen LogP contribution in [0, 0.1) is 0 Å². The van der Waals surface area contributed by atoms with Crippen LogP contribution in [0.4, 0.5) is 0 Å². The zero-order valence-corrected chi connectivity index (χ0v) is 7.99. The summed E-state index contributed by atoms with van der Waals surface area (Å²) < 4.78 is 4.80. The molecule has 0 aromatic carbocycles. The van der Waals surface area contributed by atoms with Crippen molar-refractivity contribution in [3.8, 4) is 0 Å². The Morgan fingerprint density at radius 2 is 2.21 bits per heavy atom. The van der Waals surface area contributed by atoms with Crippen LogP contribution in [-0.2, 0) is 12.8 Å². The van der Waals surface area contributed by atoms with Crippen LogP contribution in [0.1, 0.15) is 21.8 Å². The Kier molecular flexibility index (Phi) is 2.25. The van der Waals surface area contributed by atoms with E-state index in [0.29, 0.717) is 6.42 Å².